The Balaban J connectivity index is 2.28. The molecule has 0 aliphatic heterocycles. The van der Waals surface area contributed by atoms with Crippen LogP contribution in [0.2, 0.25) is 0 Å². The molecule has 1 aromatic carbocycles. The van der Waals surface area contributed by atoms with Gasteiger partial charge in [0.05, 0.1) is 6.04 Å². The highest BCUT2D eigenvalue weighted by Crippen LogP contribution is 2.10. The van der Waals surface area contributed by atoms with Gasteiger partial charge in [0.2, 0.25) is 0 Å². The third-order valence-electron chi connectivity index (χ3n) is 3.11. The number of rotatable bonds is 7. The van der Waals surface area contributed by atoms with Crippen molar-refractivity contribution in [3.05, 3.63) is 35.9 Å². The van der Waals surface area contributed by atoms with E-state index in [0.29, 0.717) is 13.0 Å². The van der Waals surface area contributed by atoms with Gasteiger partial charge >= 0.3 is 12.0 Å². The van der Waals surface area contributed by atoms with Gasteiger partial charge in [-0.15, -0.1) is 0 Å². The van der Waals surface area contributed by atoms with E-state index in [1.54, 1.807) is 0 Å². The lowest BCUT2D eigenvalue weighted by Gasteiger charge is -2.16. The summed E-state index contributed by atoms with van der Waals surface area (Å²) in [4.78, 5) is 22.2. The lowest BCUT2D eigenvalue weighted by atomic mass is 10.1. The monoisotopic (exact) mass is 278 g/mol. The summed E-state index contributed by atoms with van der Waals surface area (Å²) in [6.45, 7) is 4.31. The van der Waals surface area contributed by atoms with E-state index in [1.165, 1.54) is 0 Å². The Morgan fingerprint density at radius 3 is 2.45 bits per heavy atom. The van der Waals surface area contributed by atoms with Crippen LogP contribution in [-0.2, 0) is 4.79 Å². The molecule has 5 nitrogen and oxygen atoms in total. The summed E-state index contributed by atoms with van der Waals surface area (Å²) in [5.41, 5.74) is 1.04. The molecule has 0 fully saturated rings. The molecule has 2 amide bonds. The van der Waals surface area contributed by atoms with Gasteiger partial charge < -0.3 is 15.7 Å². The van der Waals surface area contributed by atoms with Crippen LogP contribution in [-0.4, -0.2) is 23.7 Å². The summed E-state index contributed by atoms with van der Waals surface area (Å²) in [6.07, 6.45) is 0.689. The number of carbonyl (C=O) groups excluding carboxylic acids is 1. The van der Waals surface area contributed by atoms with Gasteiger partial charge in [-0.2, -0.15) is 0 Å². The molecule has 110 valence electrons. The maximum Gasteiger partial charge on any atom is 0.315 e. The Morgan fingerprint density at radius 2 is 1.85 bits per heavy atom. The number of carbonyl (C=O) groups is 2. The average Bonchev–Trinajstić information content (AvgIpc) is 2.43. The van der Waals surface area contributed by atoms with Crippen LogP contribution in [0.15, 0.2) is 30.3 Å². The Labute approximate surface area is 119 Å². The lowest BCUT2D eigenvalue weighted by Crippen LogP contribution is -2.39. The highest BCUT2D eigenvalue weighted by molar-refractivity contribution is 5.74. The fourth-order valence-electron chi connectivity index (χ4n) is 1.81. The van der Waals surface area contributed by atoms with E-state index in [0.717, 1.165) is 5.56 Å². The van der Waals surface area contributed by atoms with Crippen LogP contribution in [0, 0.1) is 5.92 Å². The van der Waals surface area contributed by atoms with Crippen molar-refractivity contribution in [2.75, 3.05) is 6.54 Å². The van der Waals surface area contributed by atoms with Gasteiger partial charge in [0.15, 0.2) is 0 Å². The van der Waals surface area contributed by atoms with E-state index in [4.69, 9.17) is 5.11 Å². The summed E-state index contributed by atoms with van der Waals surface area (Å²) in [7, 11) is 0. The molecule has 1 rings (SSSR count). The zero-order chi connectivity index (χ0) is 15.0. The molecule has 0 heterocycles. The summed E-state index contributed by atoms with van der Waals surface area (Å²) < 4.78 is 0. The van der Waals surface area contributed by atoms with Crippen LogP contribution in [0.5, 0.6) is 0 Å². The molecule has 0 spiro atoms. The number of benzene rings is 1. The minimum absolute atomic E-state index is 0.0643. The van der Waals surface area contributed by atoms with Crippen molar-refractivity contribution in [1.29, 1.82) is 0 Å². The zero-order valence-corrected chi connectivity index (χ0v) is 11.9. The van der Waals surface area contributed by atoms with Crippen LogP contribution < -0.4 is 10.6 Å². The predicted octanol–water partition coefficient (Wildman–Crippen LogP) is 2.55. The average molecular weight is 278 g/mol. The number of nitrogens with one attached hydrogen (secondary N) is 2. The first-order chi connectivity index (χ1) is 9.49. The van der Waals surface area contributed by atoms with Gasteiger partial charge in [-0.3, -0.25) is 4.79 Å². The SMILES string of the molecule is CC(CCC(=O)O)CNC(=O)NC(C)c1ccccc1. The number of carboxylic acid groups (broad SMARTS) is 1. The lowest BCUT2D eigenvalue weighted by molar-refractivity contribution is -0.137. The molecule has 0 radical (unpaired) electrons. The first-order valence-electron chi connectivity index (χ1n) is 6.80. The molecule has 0 aliphatic carbocycles. The fraction of sp³-hybridized carbons (Fsp3) is 0.467. The smallest absolute Gasteiger partial charge is 0.315 e. The molecule has 5 heteroatoms. The van der Waals surface area contributed by atoms with Gasteiger partial charge in [-0.1, -0.05) is 37.3 Å². The first-order valence-corrected chi connectivity index (χ1v) is 6.80. The quantitative estimate of drug-likeness (QED) is 0.717. The molecule has 20 heavy (non-hydrogen) atoms. The fourth-order valence-corrected chi connectivity index (χ4v) is 1.81. The van der Waals surface area contributed by atoms with Crippen LogP contribution in [0.25, 0.3) is 0 Å². The summed E-state index contributed by atoms with van der Waals surface area (Å²) in [6, 6.07) is 9.41. The predicted molar refractivity (Wildman–Crippen MR) is 77.4 cm³/mol. The van der Waals surface area contributed by atoms with E-state index in [2.05, 4.69) is 10.6 Å². The van der Waals surface area contributed by atoms with Crippen LogP contribution in [0.3, 0.4) is 0 Å². The van der Waals surface area contributed by atoms with Crippen molar-refractivity contribution in [2.24, 2.45) is 5.92 Å². The molecule has 3 N–H and O–H groups in total. The normalized spacial score (nSPS) is 13.3. The van der Waals surface area contributed by atoms with E-state index in [1.807, 2.05) is 44.2 Å². The largest absolute Gasteiger partial charge is 0.481 e. The van der Waals surface area contributed by atoms with Gasteiger partial charge in [0.1, 0.15) is 0 Å². The number of amides is 2. The maximum absolute atomic E-state index is 11.7. The Bertz CT molecular complexity index is 434. The van der Waals surface area contributed by atoms with E-state index >= 15 is 0 Å². The molecule has 0 saturated heterocycles. The molecule has 0 aromatic heterocycles. The Hall–Kier alpha value is -2.04. The highest BCUT2D eigenvalue weighted by Gasteiger charge is 2.10. The number of hydrogen-bond acceptors (Lipinski definition) is 2. The maximum atomic E-state index is 11.7. The molecule has 2 atom stereocenters. The minimum Gasteiger partial charge on any atom is -0.481 e. The van der Waals surface area contributed by atoms with Crippen molar-refractivity contribution >= 4 is 12.0 Å². The van der Waals surface area contributed by atoms with Crippen molar-refractivity contribution in [2.45, 2.75) is 32.7 Å². The second-order valence-corrected chi connectivity index (χ2v) is 5.02. The second-order valence-electron chi connectivity index (χ2n) is 5.02. The van der Waals surface area contributed by atoms with E-state index < -0.39 is 5.97 Å². The number of aliphatic carboxylic acids is 1. The first kappa shape index (κ1) is 16.0. The molecule has 0 bridgehead atoms. The minimum atomic E-state index is -0.806. The third-order valence-corrected chi connectivity index (χ3v) is 3.11. The molecular weight excluding hydrogens is 256 g/mol. The molecular formula is C15H22N2O3. The summed E-state index contributed by atoms with van der Waals surface area (Å²) in [5, 5.41) is 14.2. The highest BCUT2D eigenvalue weighted by atomic mass is 16.4. The standard InChI is InChI=1S/C15H22N2O3/c1-11(8-9-14(18)19)10-16-15(20)17-12(2)13-6-4-3-5-7-13/h3-7,11-12H,8-10H2,1-2H3,(H,18,19)(H2,16,17,20). The summed E-state index contributed by atoms with van der Waals surface area (Å²) in [5.74, 6) is -0.664. The number of hydrogen-bond donors (Lipinski definition) is 3. The van der Waals surface area contributed by atoms with Crippen molar-refractivity contribution in [3.63, 3.8) is 0 Å². The van der Waals surface area contributed by atoms with Gasteiger partial charge in [-0.05, 0) is 24.8 Å². The molecule has 0 aliphatic rings. The van der Waals surface area contributed by atoms with Gasteiger partial charge in [-0.25, -0.2) is 4.79 Å². The van der Waals surface area contributed by atoms with Gasteiger partial charge in [0.25, 0.3) is 0 Å². The molecule has 0 saturated carbocycles. The van der Waals surface area contributed by atoms with E-state index in [9.17, 15) is 9.59 Å². The second kappa shape index (κ2) is 8.19. The zero-order valence-electron chi connectivity index (χ0n) is 11.9. The number of urea groups is 1. The van der Waals surface area contributed by atoms with Crippen LogP contribution in [0.1, 0.15) is 38.3 Å². The van der Waals surface area contributed by atoms with Crippen molar-refractivity contribution in [3.8, 4) is 0 Å². The van der Waals surface area contributed by atoms with E-state index in [-0.39, 0.29) is 24.4 Å². The van der Waals surface area contributed by atoms with Crippen LogP contribution >= 0.6 is 0 Å². The Kier molecular flexibility index (Phi) is 6.56. The Morgan fingerprint density at radius 1 is 1.20 bits per heavy atom. The molecule has 2 unspecified atom stereocenters. The van der Waals surface area contributed by atoms with Crippen molar-refractivity contribution in [1.82, 2.24) is 10.6 Å². The third kappa shape index (κ3) is 6.22. The topological polar surface area (TPSA) is 78.4 Å². The number of carboxylic acids is 1. The summed E-state index contributed by atoms with van der Waals surface area (Å²) >= 11 is 0. The van der Waals surface area contributed by atoms with Gasteiger partial charge in [0, 0.05) is 13.0 Å². The van der Waals surface area contributed by atoms with Crippen molar-refractivity contribution < 1.29 is 14.7 Å². The van der Waals surface area contributed by atoms with Crippen LogP contribution in [0.4, 0.5) is 4.79 Å². The molecule has 1 aromatic rings.